The van der Waals surface area contributed by atoms with E-state index in [9.17, 15) is 18.0 Å². The summed E-state index contributed by atoms with van der Waals surface area (Å²) in [6, 6.07) is 13.1. The molecular formula is C24H21F3N6O2S. The number of halogens is 3. The van der Waals surface area contributed by atoms with Crippen LogP contribution in [-0.4, -0.2) is 38.0 Å². The van der Waals surface area contributed by atoms with Crippen LogP contribution in [-0.2, 0) is 11.9 Å². The van der Waals surface area contributed by atoms with Crippen LogP contribution in [0.15, 0.2) is 59.8 Å². The van der Waals surface area contributed by atoms with E-state index in [1.165, 1.54) is 28.6 Å². The lowest BCUT2D eigenvalue weighted by Crippen LogP contribution is -2.15. The van der Waals surface area contributed by atoms with Crippen LogP contribution in [0, 0.1) is 13.8 Å². The predicted octanol–water partition coefficient (Wildman–Crippen LogP) is 5.25. The highest BCUT2D eigenvalue weighted by Gasteiger charge is 2.30. The van der Waals surface area contributed by atoms with Gasteiger partial charge in [0.25, 0.3) is 5.91 Å². The molecule has 2 heterocycles. The van der Waals surface area contributed by atoms with Gasteiger partial charge >= 0.3 is 6.18 Å². The third-order valence-corrected chi connectivity index (χ3v) is 5.92. The van der Waals surface area contributed by atoms with Gasteiger partial charge < -0.3 is 10.1 Å². The second-order valence-electron chi connectivity index (χ2n) is 7.75. The second kappa shape index (κ2) is 10.4. The van der Waals surface area contributed by atoms with Crippen molar-refractivity contribution in [3.63, 3.8) is 0 Å². The Morgan fingerprint density at radius 3 is 2.25 bits per heavy atom. The Balaban J connectivity index is 1.64. The minimum Gasteiger partial charge on any atom is -0.497 e. The van der Waals surface area contributed by atoms with E-state index in [4.69, 9.17) is 4.74 Å². The van der Waals surface area contributed by atoms with E-state index in [-0.39, 0.29) is 17.1 Å². The molecule has 0 saturated heterocycles. The molecule has 1 N–H and O–H groups in total. The van der Waals surface area contributed by atoms with Gasteiger partial charge in [-0.05, 0) is 68.4 Å². The Kier molecular flexibility index (Phi) is 7.25. The number of methoxy groups -OCH3 is 1. The largest absolute Gasteiger partial charge is 0.497 e. The Morgan fingerprint density at radius 1 is 1.03 bits per heavy atom. The van der Waals surface area contributed by atoms with Crippen molar-refractivity contribution in [2.75, 3.05) is 12.4 Å². The van der Waals surface area contributed by atoms with Crippen LogP contribution in [0.1, 0.15) is 33.1 Å². The topological polar surface area (TPSA) is 94.8 Å². The lowest BCUT2D eigenvalue weighted by atomic mass is 10.2. The summed E-state index contributed by atoms with van der Waals surface area (Å²) >= 11 is 1.31. The van der Waals surface area contributed by atoms with Crippen LogP contribution in [0.5, 0.6) is 5.75 Å². The van der Waals surface area contributed by atoms with Crippen molar-refractivity contribution < 1.29 is 22.7 Å². The lowest BCUT2D eigenvalue weighted by Gasteiger charge is -2.10. The first-order chi connectivity index (χ1) is 17.1. The summed E-state index contributed by atoms with van der Waals surface area (Å²) in [6.45, 7) is 3.73. The van der Waals surface area contributed by atoms with Gasteiger partial charge in [0.15, 0.2) is 10.9 Å². The fourth-order valence-electron chi connectivity index (χ4n) is 3.36. The highest BCUT2D eigenvalue weighted by molar-refractivity contribution is 7.98. The average Bonchev–Trinajstić information content (AvgIpc) is 3.26. The first kappa shape index (κ1) is 25.2. The summed E-state index contributed by atoms with van der Waals surface area (Å²) < 4.78 is 45.3. The summed E-state index contributed by atoms with van der Waals surface area (Å²) in [5.74, 6) is 0.308. The van der Waals surface area contributed by atoms with Crippen LogP contribution >= 0.6 is 11.8 Å². The number of hydrogen-bond donors (Lipinski definition) is 1. The third kappa shape index (κ3) is 5.82. The summed E-state index contributed by atoms with van der Waals surface area (Å²) in [6.07, 6.45) is -4.47. The number of amides is 1. The number of hydrogen-bond acceptors (Lipinski definition) is 7. The SMILES string of the molecule is COc1ccc(-n2nnc(C(=O)Nc3ccc(C(F)(F)F)cc3)c2CSc2nc(C)cc(C)n2)cc1. The first-order valence-corrected chi connectivity index (χ1v) is 11.7. The van der Waals surface area contributed by atoms with Gasteiger partial charge in [0, 0.05) is 22.8 Å². The predicted molar refractivity (Wildman–Crippen MR) is 128 cm³/mol. The van der Waals surface area contributed by atoms with Gasteiger partial charge in [0.05, 0.1) is 24.1 Å². The van der Waals surface area contributed by atoms with E-state index in [2.05, 4.69) is 25.6 Å². The monoisotopic (exact) mass is 514 g/mol. The Hall–Kier alpha value is -3.93. The molecule has 0 fully saturated rings. The zero-order valence-corrected chi connectivity index (χ0v) is 20.3. The van der Waals surface area contributed by atoms with E-state index in [0.29, 0.717) is 22.3 Å². The molecule has 12 heteroatoms. The molecule has 0 saturated carbocycles. The molecule has 0 aliphatic heterocycles. The van der Waals surface area contributed by atoms with Crippen LogP contribution in [0.2, 0.25) is 0 Å². The van der Waals surface area contributed by atoms with Crippen LogP contribution in [0.3, 0.4) is 0 Å². The number of nitrogens with zero attached hydrogens (tertiary/aromatic N) is 5. The van der Waals surface area contributed by atoms with Crippen molar-refractivity contribution >= 4 is 23.4 Å². The Labute approximate surface area is 208 Å². The van der Waals surface area contributed by atoms with Gasteiger partial charge in [-0.1, -0.05) is 17.0 Å². The highest BCUT2D eigenvalue weighted by Crippen LogP contribution is 2.30. The molecule has 0 spiro atoms. The molecule has 186 valence electrons. The number of nitrogens with one attached hydrogen (secondary N) is 1. The van der Waals surface area contributed by atoms with Crippen molar-refractivity contribution in [3.05, 3.63) is 82.9 Å². The van der Waals surface area contributed by atoms with Gasteiger partial charge in [0.1, 0.15) is 5.75 Å². The molecule has 0 bridgehead atoms. The molecule has 4 aromatic rings. The van der Waals surface area contributed by atoms with Crippen molar-refractivity contribution in [1.82, 2.24) is 25.0 Å². The smallest absolute Gasteiger partial charge is 0.416 e. The lowest BCUT2D eigenvalue weighted by molar-refractivity contribution is -0.137. The maximum Gasteiger partial charge on any atom is 0.416 e. The molecule has 1 amide bonds. The molecule has 0 unspecified atom stereocenters. The molecule has 2 aromatic heterocycles. The number of rotatable bonds is 7. The average molecular weight is 515 g/mol. The maximum atomic E-state index is 13.1. The molecule has 0 atom stereocenters. The number of carbonyl (C=O) groups is 1. The number of thioether (sulfide) groups is 1. The Bertz CT molecular complexity index is 1350. The molecular weight excluding hydrogens is 493 g/mol. The number of aromatic nitrogens is 5. The third-order valence-electron chi connectivity index (χ3n) is 5.07. The fourth-order valence-corrected chi connectivity index (χ4v) is 4.30. The molecule has 0 radical (unpaired) electrons. The minimum atomic E-state index is -4.47. The quantitative estimate of drug-likeness (QED) is 0.266. The van der Waals surface area contributed by atoms with E-state index in [1.54, 1.807) is 31.4 Å². The van der Waals surface area contributed by atoms with Crippen LogP contribution < -0.4 is 10.1 Å². The number of benzene rings is 2. The van der Waals surface area contributed by atoms with E-state index >= 15 is 0 Å². The van der Waals surface area contributed by atoms with E-state index in [1.807, 2.05) is 19.9 Å². The van der Waals surface area contributed by atoms with Gasteiger partial charge in [-0.3, -0.25) is 4.79 Å². The second-order valence-corrected chi connectivity index (χ2v) is 8.69. The summed E-state index contributed by atoms with van der Waals surface area (Å²) in [5, 5.41) is 11.4. The summed E-state index contributed by atoms with van der Waals surface area (Å²) in [4.78, 5) is 21.9. The number of ether oxygens (including phenoxy) is 1. The molecule has 36 heavy (non-hydrogen) atoms. The standard InChI is InChI=1S/C24H21F3N6O2S/c1-14-12-15(2)29-23(28-14)36-13-20-21(31-32-33(20)18-8-10-19(35-3)11-9-18)22(34)30-17-6-4-16(5-7-17)24(25,26)27/h4-12H,13H2,1-3H3,(H,30,34). The van der Waals surface area contributed by atoms with Crippen molar-refractivity contribution in [1.29, 1.82) is 0 Å². The van der Waals surface area contributed by atoms with E-state index in [0.717, 1.165) is 23.5 Å². The summed E-state index contributed by atoms with van der Waals surface area (Å²) in [7, 11) is 1.56. The number of carbonyl (C=O) groups excluding carboxylic acids is 1. The van der Waals surface area contributed by atoms with Gasteiger partial charge in [0.2, 0.25) is 0 Å². The van der Waals surface area contributed by atoms with Crippen molar-refractivity contribution in [2.45, 2.75) is 30.9 Å². The zero-order valence-electron chi connectivity index (χ0n) is 19.5. The Morgan fingerprint density at radius 2 is 1.67 bits per heavy atom. The molecule has 4 rings (SSSR count). The van der Waals surface area contributed by atoms with Gasteiger partial charge in [-0.15, -0.1) is 5.10 Å². The number of alkyl halides is 3. The van der Waals surface area contributed by atoms with Crippen LogP contribution in [0.4, 0.5) is 18.9 Å². The molecule has 2 aromatic carbocycles. The molecule has 0 aliphatic carbocycles. The van der Waals surface area contributed by atoms with Crippen LogP contribution in [0.25, 0.3) is 5.69 Å². The van der Waals surface area contributed by atoms with Gasteiger partial charge in [-0.2, -0.15) is 13.2 Å². The van der Waals surface area contributed by atoms with Crippen molar-refractivity contribution in [3.8, 4) is 11.4 Å². The summed E-state index contributed by atoms with van der Waals surface area (Å²) in [5.41, 5.74) is 2.16. The minimum absolute atomic E-state index is 0.0302. The fraction of sp³-hybridized carbons (Fsp3) is 0.208. The number of anilines is 1. The highest BCUT2D eigenvalue weighted by atomic mass is 32.2. The zero-order chi connectivity index (χ0) is 25.9. The van der Waals surface area contributed by atoms with E-state index < -0.39 is 17.6 Å². The number of aryl methyl sites for hydroxylation is 2. The van der Waals surface area contributed by atoms with Gasteiger partial charge in [-0.25, -0.2) is 14.6 Å². The normalized spacial score (nSPS) is 11.4. The molecule has 0 aliphatic rings. The first-order valence-electron chi connectivity index (χ1n) is 10.7. The van der Waals surface area contributed by atoms with Crippen molar-refractivity contribution in [2.24, 2.45) is 0 Å². The molecule has 8 nitrogen and oxygen atoms in total. The maximum absolute atomic E-state index is 13.1.